The minimum Gasteiger partial charge on any atom is -0.382 e. The van der Waals surface area contributed by atoms with Crippen LogP contribution in [0.25, 0.3) is 5.57 Å². The molecule has 2 aliphatic rings. The zero-order valence-corrected chi connectivity index (χ0v) is 13.8. The standard InChI is InChI=1S/C20H26FN/c1-13-12-14(2)20(15(13)3)18-6-4-5-7-19(18)22-17-10-8-16(21)9-11-17/h4-7,12-13,16-17,22H,8-11H2,1-3H3. The molecule has 2 heteroatoms. The van der Waals surface area contributed by atoms with Gasteiger partial charge in [-0.05, 0) is 62.7 Å². The molecule has 0 heterocycles. The summed E-state index contributed by atoms with van der Waals surface area (Å²) in [6.45, 7) is 6.69. The van der Waals surface area contributed by atoms with E-state index in [-0.39, 0.29) is 0 Å². The number of halogens is 1. The van der Waals surface area contributed by atoms with E-state index in [1.54, 1.807) is 0 Å². The van der Waals surface area contributed by atoms with Gasteiger partial charge in [0.15, 0.2) is 0 Å². The fraction of sp³-hybridized carbons (Fsp3) is 0.500. The molecule has 2 aliphatic carbocycles. The highest BCUT2D eigenvalue weighted by atomic mass is 19.1. The molecule has 0 bridgehead atoms. The maximum atomic E-state index is 13.3. The van der Waals surface area contributed by atoms with Crippen LogP contribution in [0.1, 0.15) is 52.0 Å². The number of hydrogen-bond donors (Lipinski definition) is 1. The second-order valence-electron chi connectivity index (χ2n) is 6.84. The lowest BCUT2D eigenvalue weighted by molar-refractivity contribution is 0.242. The summed E-state index contributed by atoms with van der Waals surface area (Å²) < 4.78 is 13.3. The van der Waals surface area contributed by atoms with Gasteiger partial charge in [0.25, 0.3) is 0 Å². The van der Waals surface area contributed by atoms with Crippen LogP contribution in [0.5, 0.6) is 0 Å². The van der Waals surface area contributed by atoms with Crippen molar-refractivity contribution in [3.05, 3.63) is 47.1 Å². The van der Waals surface area contributed by atoms with Crippen LogP contribution < -0.4 is 5.32 Å². The highest BCUT2D eigenvalue weighted by Crippen LogP contribution is 2.40. The van der Waals surface area contributed by atoms with Crippen molar-refractivity contribution in [2.75, 3.05) is 5.32 Å². The normalized spacial score (nSPS) is 28.7. The van der Waals surface area contributed by atoms with Crippen LogP contribution in [0, 0.1) is 5.92 Å². The lowest BCUT2D eigenvalue weighted by Gasteiger charge is -2.27. The van der Waals surface area contributed by atoms with Gasteiger partial charge in [0.05, 0.1) is 0 Å². The van der Waals surface area contributed by atoms with Gasteiger partial charge < -0.3 is 5.32 Å². The molecule has 1 atom stereocenters. The second-order valence-corrected chi connectivity index (χ2v) is 6.84. The first-order valence-corrected chi connectivity index (χ1v) is 8.46. The molecule has 0 amide bonds. The molecule has 0 spiro atoms. The van der Waals surface area contributed by atoms with Crippen LogP contribution in [-0.2, 0) is 0 Å². The van der Waals surface area contributed by atoms with Crippen molar-refractivity contribution in [3.8, 4) is 0 Å². The zero-order chi connectivity index (χ0) is 15.7. The number of nitrogens with one attached hydrogen (secondary N) is 1. The Bertz CT molecular complexity index is 606. The summed E-state index contributed by atoms with van der Waals surface area (Å²) in [5.74, 6) is 0.519. The summed E-state index contributed by atoms with van der Waals surface area (Å²) in [4.78, 5) is 0. The number of alkyl halides is 1. The molecule has 1 N–H and O–H groups in total. The summed E-state index contributed by atoms with van der Waals surface area (Å²) in [7, 11) is 0. The quantitative estimate of drug-likeness (QED) is 0.749. The van der Waals surface area contributed by atoms with E-state index >= 15 is 0 Å². The minimum atomic E-state index is -0.598. The number of para-hydroxylation sites is 1. The molecular weight excluding hydrogens is 273 g/mol. The van der Waals surface area contributed by atoms with Crippen LogP contribution in [0.2, 0.25) is 0 Å². The summed E-state index contributed by atoms with van der Waals surface area (Å²) >= 11 is 0. The number of anilines is 1. The predicted molar refractivity (Wildman–Crippen MR) is 92.7 cm³/mol. The monoisotopic (exact) mass is 299 g/mol. The van der Waals surface area contributed by atoms with Crippen LogP contribution >= 0.6 is 0 Å². The van der Waals surface area contributed by atoms with Crippen LogP contribution in [0.4, 0.5) is 10.1 Å². The van der Waals surface area contributed by atoms with E-state index in [2.05, 4.69) is 56.4 Å². The average Bonchev–Trinajstić information content (AvgIpc) is 2.75. The number of benzene rings is 1. The van der Waals surface area contributed by atoms with Crippen molar-refractivity contribution in [2.45, 2.75) is 58.7 Å². The molecule has 1 unspecified atom stereocenters. The third kappa shape index (κ3) is 2.97. The van der Waals surface area contributed by atoms with E-state index in [9.17, 15) is 4.39 Å². The Balaban J connectivity index is 1.87. The Morgan fingerprint density at radius 3 is 2.36 bits per heavy atom. The maximum Gasteiger partial charge on any atom is 0.100 e. The van der Waals surface area contributed by atoms with Gasteiger partial charge in [0, 0.05) is 17.3 Å². The van der Waals surface area contributed by atoms with Crippen LogP contribution in [-0.4, -0.2) is 12.2 Å². The summed E-state index contributed by atoms with van der Waals surface area (Å²) in [6.07, 6.45) is 4.99. The van der Waals surface area contributed by atoms with E-state index in [0.717, 1.165) is 12.8 Å². The molecular formula is C20H26FN. The molecule has 22 heavy (non-hydrogen) atoms. The van der Waals surface area contributed by atoms with Gasteiger partial charge in [-0.15, -0.1) is 0 Å². The molecule has 0 aliphatic heterocycles. The van der Waals surface area contributed by atoms with E-state index in [1.165, 1.54) is 28.0 Å². The van der Waals surface area contributed by atoms with E-state index in [0.29, 0.717) is 24.8 Å². The third-order valence-electron chi connectivity index (χ3n) is 5.18. The molecule has 1 aromatic carbocycles. The summed E-state index contributed by atoms with van der Waals surface area (Å²) in [6, 6.07) is 8.96. The fourth-order valence-electron chi connectivity index (χ4n) is 3.79. The first-order chi connectivity index (χ1) is 10.6. The van der Waals surface area contributed by atoms with E-state index in [1.807, 2.05) is 0 Å². The highest BCUT2D eigenvalue weighted by Gasteiger charge is 2.24. The molecule has 1 fully saturated rings. The predicted octanol–water partition coefficient (Wildman–Crippen LogP) is 5.75. The molecule has 0 aromatic heterocycles. The Labute approximate surface area is 133 Å². The zero-order valence-electron chi connectivity index (χ0n) is 13.8. The van der Waals surface area contributed by atoms with Crippen molar-refractivity contribution in [1.82, 2.24) is 0 Å². The van der Waals surface area contributed by atoms with Gasteiger partial charge in [-0.3, -0.25) is 0 Å². The Morgan fingerprint density at radius 2 is 1.73 bits per heavy atom. The summed E-state index contributed by atoms with van der Waals surface area (Å²) in [5.41, 5.74) is 6.68. The smallest absolute Gasteiger partial charge is 0.100 e. The first kappa shape index (κ1) is 15.3. The largest absolute Gasteiger partial charge is 0.382 e. The average molecular weight is 299 g/mol. The Kier molecular flexibility index (Phi) is 4.37. The lowest BCUT2D eigenvalue weighted by atomic mass is 9.92. The maximum absolute atomic E-state index is 13.3. The fourth-order valence-corrected chi connectivity index (χ4v) is 3.79. The Morgan fingerprint density at radius 1 is 1.05 bits per heavy atom. The molecule has 0 radical (unpaired) electrons. The van der Waals surface area contributed by atoms with Crippen molar-refractivity contribution in [1.29, 1.82) is 0 Å². The van der Waals surface area contributed by atoms with Crippen LogP contribution in [0.15, 0.2) is 41.5 Å². The van der Waals surface area contributed by atoms with Crippen molar-refractivity contribution < 1.29 is 4.39 Å². The molecule has 0 saturated heterocycles. The van der Waals surface area contributed by atoms with Crippen LogP contribution in [0.3, 0.4) is 0 Å². The second kappa shape index (κ2) is 6.28. The molecule has 3 rings (SSSR count). The van der Waals surface area contributed by atoms with Gasteiger partial charge in [0.1, 0.15) is 6.17 Å². The van der Waals surface area contributed by atoms with Gasteiger partial charge >= 0.3 is 0 Å². The van der Waals surface area contributed by atoms with Gasteiger partial charge in [-0.25, -0.2) is 4.39 Å². The van der Waals surface area contributed by atoms with Crippen molar-refractivity contribution in [2.24, 2.45) is 5.92 Å². The third-order valence-corrected chi connectivity index (χ3v) is 5.18. The first-order valence-electron chi connectivity index (χ1n) is 8.46. The van der Waals surface area contributed by atoms with E-state index < -0.39 is 6.17 Å². The van der Waals surface area contributed by atoms with Gasteiger partial charge in [0.2, 0.25) is 0 Å². The minimum absolute atomic E-state index is 0.400. The summed E-state index contributed by atoms with van der Waals surface area (Å²) in [5, 5.41) is 3.67. The SMILES string of the molecule is CC1=CC(C)C(C)=C1c1ccccc1NC1CCC(F)CC1. The topological polar surface area (TPSA) is 12.0 Å². The Hall–Kier alpha value is -1.57. The van der Waals surface area contributed by atoms with Gasteiger partial charge in [-0.1, -0.05) is 36.8 Å². The highest BCUT2D eigenvalue weighted by molar-refractivity contribution is 5.89. The molecule has 1 nitrogen and oxygen atoms in total. The van der Waals surface area contributed by atoms with Gasteiger partial charge in [-0.2, -0.15) is 0 Å². The lowest BCUT2D eigenvalue weighted by Crippen LogP contribution is -2.27. The molecule has 118 valence electrons. The van der Waals surface area contributed by atoms with E-state index in [4.69, 9.17) is 0 Å². The number of hydrogen-bond acceptors (Lipinski definition) is 1. The number of rotatable bonds is 3. The number of allylic oxidation sites excluding steroid dienone is 4. The van der Waals surface area contributed by atoms with Crippen molar-refractivity contribution in [3.63, 3.8) is 0 Å². The molecule has 1 aromatic rings. The molecule has 1 saturated carbocycles. The van der Waals surface area contributed by atoms with Crippen molar-refractivity contribution >= 4 is 11.3 Å².